The van der Waals surface area contributed by atoms with E-state index in [4.69, 9.17) is 25.2 Å². The minimum atomic E-state index is 0.0524. The lowest BCUT2D eigenvalue weighted by Crippen LogP contribution is -2.18. The fourth-order valence-electron chi connectivity index (χ4n) is 1.47. The number of rotatable bonds is 8. The highest BCUT2D eigenvalue weighted by Gasteiger charge is 2.02. The molecule has 0 spiro atoms. The predicted octanol–water partition coefficient (Wildman–Crippen LogP) is 1.21. The Labute approximate surface area is 112 Å². The van der Waals surface area contributed by atoms with Gasteiger partial charge in [0.1, 0.15) is 12.4 Å². The van der Waals surface area contributed by atoms with E-state index in [0.29, 0.717) is 31.1 Å². The molecule has 0 aliphatic heterocycles. The van der Waals surface area contributed by atoms with Gasteiger partial charge in [-0.15, -0.1) is 0 Å². The molecule has 0 amide bonds. The minimum Gasteiger partial charge on any atom is -0.491 e. The Bertz CT molecular complexity index is 392. The molecule has 106 valence electrons. The Kier molecular flexibility index (Phi) is 6.70. The maximum atomic E-state index is 8.53. The zero-order valence-electron chi connectivity index (χ0n) is 11.2. The van der Waals surface area contributed by atoms with Gasteiger partial charge in [0.25, 0.3) is 0 Å². The molecule has 19 heavy (non-hydrogen) atoms. The van der Waals surface area contributed by atoms with Crippen molar-refractivity contribution in [1.82, 2.24) is 0 Å². The number of ether oxygens (including phenoxy) is 3. The average molecular weight is 268 g/mol. The summed E-state index contributed by atoms with van der Waals surface area (Å²) in [4.78, 5) is 0. The Morgan fingerprint density at radius 2 is 2.00 bits per heavy atom. The summed E-state index contributed by atoms with van der Waals surface area (Å²) in [5, 5.41) is 11.5. The summed E-state index contributed by atoms with van der Waals surface area (Å²) < 4.78 is 15.9. The first-order chi connectivity index (χ1) is 9.17. The number of amidine groups is 1. The first-order valence-electron chi connectivity index (χ1n) is 5.98. The molecule has 1 rings (SSSR count). The standard InChI is InChI=1S/C13H20N2O4/c1-10(9-17-2)18-7-8-19-12-5-3-11(4-6-12)13(14)15-16/h3-6,10,16H,7-9H2,1-2H3,(H2,14,15). The van der Waals surface area contributed by atoms with Crippen LogP contribution < -0.4 is 10.5 Å². The molecule has 6 nitrogen and oxygen atoms in total. The van der Waals surface area contributed by atoms with Gasteiger partial charge in [0.15, 0.2) is 5.84 Å². The van der Waals surface area contributed by atoms with Crippen LogP contribution in [0.5, 0.6) is 5.75 Å². The van der Waals surface area contributed by atoms with Gasteiger partial charge in [-0.05, 0) is 31.2 Å². The van der Waals surface area contributed by atoms with Gasteiger partial charge in [0.05, 0.1) is 19.3 Å². The average Bonchev–Trinajstić information content (AvgIpc) is 2.44. The Hall–Kier alpha value is -1.79. The van der Waals surface area contributed by atoms with E-state index < -0.39 is 0 Å². The fraction of sp³-hybridized carbons (Fsp3) is 0.462. The number of oxime groups is 1. The third-order valence-corrected chi connectivity index (χ3v) is 2.41. The van der Waals surface area contributed by atoms with Crippen molar-refractivity contribution in [1.29, 1.82) is 0 Å². The maximum absolute atomic E-state index is 8.53. The highest BCUT2D eigenvalue weighted by molar-refractivity contribution is 5.97. The van der Waals surface area contributed by atoms with Crippen molar-refractivity contribution in [2.45, 2.75) is 13.0 Å². The van der Waals surface area contributed by atoms with Crippen LogP contribution in [0.15, 0.2) is 29.4 Å². The van der Waals surface area contributed by atoms with Crippen molar-refractivity contribution in [3.05, 3.63) is 29.8 Å². The molecule has 0 bridgehead atoms. The number of nitrogens with two attached hydrogens (primary N) is 1. The molecule has 0 heterocycles. The molecule has 0 aliphatic carbocycles. The van der Waals surface area contributed by atoms with E-state index in [9.17, 15) is 0 Å². The largest absolute Gasteiger partial charge is 0.491 e. The molecule has 1 unspecified atom stereocenters. The normalized spacial score (nSPS) is 13.3. The smallest absolute Gasteiger partial charge is 0.170 e. The van der Waals surface area contributed by atoms with Gasteiger partial charge in [-0.2, -0.15) is 0 Å². The quantitative estimate of drug-likeness (QED) is 0.243. The van der Waals surface area contributed by atoms with Crippen molar-refractivity contribution < 1.29 is 19.4 Å². The molecule has 3 N–H and O–H groups in total. The Morgan fingerprint density at radius 1 is 1.32 bits per heavy atom. The molecule has 0 aromatic heterocycles. The summed E-state index contributed by atoms with van der Waals surface area (Å²) in [6, 6.07) is 6.95. The minimum absolute atomic E-state index is 0.0524. The fourth-order valence-corrected chi connectivity index (χ4v) is 1.47. The molecule has 0 saturated carbocycles. The zero-order chi connectivity index (χ0) is 14.1. The van der Waals surface area contributed by atoms with Crippen LogP contribution in [-0.4, -0.2) is 44.1 Å². The van der Waals surface area contributed by atoms with E-state index in [1.54, 1.807) is 31.4 Å². The van der Waals surface area contributed by atoms with Crippen LogP contribution in [0, 0.1) is 0 Å². The number of hydrogen-bond donors (Lipinski definition) is 2. The SMILES string of the molecule is COCC(C)OCCOc1ccc(C(N)=NO)cc1. The molecule has 0 saturated heterocycles. The van der Waals surface area contributed by atoms with Gasteiger partial charge in [-0.3, -0.25) is 0 Å². The molecule has 0 fully saturated rings. The van der Waals surface area contributed by atoms with E-state index in [0.717, 1.165) is 0 Å². The molecule has 1 atom stereocenters. The van der Waals surface area contributed by atoms with Gasteiger partial charge in [-0.1, -0.05) is 5.16 Å². The Balaban J connectivity index is 2.30. The summed E-state index contributed by atoms with van der Waals surface area (Å²) in [5.41, 5.74) is 6.09. The summed E-state index contributed by atoms with van der Waals surface area (Å²) in [5.74, 6) is 0.778. The third kappa shape index (κ3) is 5.58. The molecule has 0 radical (unpaired) electrons. The molecule has 6 heteroatoms. The van der Waals surface area contributed by atoms with Gasteiger partial charge < -0.3 is 25.2 Å². The van der Waals surface area contributed by atoms with Crippen molar-refractivity contribution in [2.24, 2.45) is 10.9 Å². The topological polar surface area (TPSA) is 86.3 Å². The number of methoxy groups -OCH3 is 1. The zero-order valence-corrected chi connectivity index (χ0v) is 11.2. The lowest BCUT2D eigenvalue weighted by Gasteiger charge is -2.12. The molecular weight excluding hydrogens is 248 g/mol. The van der Waals surface area contributed by atoms with Crippen LogP contribution in [0.1, 0.15) is 12.5 Å². The maximum Gasteiger partial charge on any atom is 0.170 e. The third-order valence-electron chi connectivity index (χ3n) is 2.41. The summed E-state index contributed by atoms with van der Waals surface area (Å²) in [6.45, 7) is 3.45. The second kappa shape index (κ2) is 8.34. The van der Waals surface area contributed by atoms with E-state index in [2.05, 4.69) is 5.16 Å². The van der Waals surface area contributed by atoms with Crippen LogP contribution >= 0.6 is 0 Å². The van der Waals surface area contributed by atoms with Gasteiger partial charge in [-0.25, -0.2) is 0 Å². The lowest BCUT2D eigenvalue weighted by molar-refractivity contribution is -0.00214. The van der Waals surface area contributed by atoms with Crippen LogP contribution in [0.3, 0.4) is 0 Å². The summed E-state index contributed by atoms with van der Waals surface area (Å²) in [6.07, 6.45) is 0.0524. The Morgan fingerprint density at radius 3 is 2.58 bits per heavy atom. The number of nitrogens with zero attached hydrogens (tertiary/aromatic N) is 1. The second-order valence-electron chi connectivity index (χ2n) is 3.99. The highest BCUT2D eigenvalue weighted by atomic mass is 16.5. The van der Waals surface area contributed by atoms with Crippen LogP contribution in [0.2, 0.25) is 0 Å². The molecule has 0 aliphatic rings. The van der Waals surface area contributed by atoms with Crippen LogP contribution in [0.4, 0.5) is 0 Å². The van der Waals surface area contributed by atoms with Gasteiger partial charge >= 0.3 is 0 Å². The number of hydrogen-bond acceptors (Lipinski definition) is 5. The molecule has 1 aromatic carbocycles. The van der Waals surface area contributed by atoms with Crippen molar-refractivity contribution in [3.8, 4) is 5.75 Å². The van der Waals surface area contributed by atoms with Crippen molar-refractivity contribution in [2.75, 3.05) is 26.9 Å². The van der Waals surface area contributed by atoms with E-state index in [1.165, 1.54) is 0 Å². The van der Waals surface area contributed by atoms with E-state index in [1.807, 2.05) is 6.92 Å². The van der Waals surface area contributed by atoms with Gasteiger partial charge in [0.2, 0.25) is 0 Å². The van der Waals surface area contributed by atoms with Crippen molar-refractivity contribution in [3.63, 3.8) is 0 Å². The monoisotopic (exact) mass is 268 g/mol. The second-order valence-corrected chi connectivity index (χ2v) is 3.99. The lowest BCUT2D eigenvalue weighted by atomic mass is 10.2. The first-order valence-corrected chi connectivity index (χ1v) is 5.98. The number of benzene rings is 1. The predicted molar refractivity (Wildman–Crippen MR) is 71.7 cm³/mol. The van der Waals surface area contributed by atoms with Gasteiger partial charge in [0, 0.05) is 12.7 Å². The summed E-state index contributed by atoms with van der Waals surface area (Å²) >= 11 is 0. The van der Waals surface area contributed by atoms with Crippen LogP contribution in [0.25, 0.3) is 0 Å². The molecule has 1 aromatic rings. The van der Waals surface area contributed by atoms with E-state index >= 15 is 0 Å². The van der Waals surface area contributed by atoms with Crippen molar-refractivity contribution >= 4 is 5.84 Å². The highest BCUT2D eigenvalue weighted by Crippen LogP contribution is 2.11. The van der Waals surface area contributed by atoms with E-state index in [-0.39, 0.29) is 11.9 Å². The molecular formula is C13H20N2O4. The summed E-state index contributed by atoms with van der Waals surface area (Å²) in [7, 11) is 1.64. The first kappa shape index (κ1) is 15.3. The van der Waals surface area contributed by atoms with Crippen LogP contribution in [-0.2, 0) is 9.47 Å².